The average Bonchev–Trinajstić information content (AvgIpc) is 2.17. The molecule has 0 aliphatic rings. The van der Waals surface area contributed by atoms with Gasteiger partial charge in [0.15, 0.2) is 0 Å². The molecule has 86 valence electrons. The first kappa shape index (κ1) is 12.2. The van der Waals surface area contributed by atoms with E-state index in [9.17, 15) is 14.0 Å². The van der Waals surface area contributed by atoms with E-state index in [-0.39, 0.29) is 6.42 Å². The molecule has 0 saturated heterocycles. The van der Waals surface area contributed by atoms with E-state index in [1.807, 2.05) is 0 Å². The van der Waals surface area contributed by atoms with E-state index in [1.165, 1.54) is 25.1 Å². The molecule has 1 unspecified atom stereocenters. The number of benzene rings is 1. The number of hydrogen-bond donors (Lipinski definition) is 2. The van der Waals surface area contributed by atoms with Gasteiger partial charge in [-0.1, -0.05) is 12.1 Å². The van der Waals surface area contributed by atoms with Gasteiger partial charge < -0.3 is 10.4 Å². The standard InChI is InChI=1S/C11H12FNO3/c1-11(10(15)16,13-7-14)6-8-3-2-4-9(12)5-8/h2-5,7H,6H2,1H3,(H,13,14)(H,15,16). The fourth-order valence-electron chi connectivity index (χ4n) is 1.37. The minimum absolute atomic E-state index is 0.0266. The first-order chi connectivity index (χ1) is 7.48. The van der Waals surface area contributed by atoms with Crippen molar-refractivity contribution >= 4 is 12.4 Å². The van der Waals surface area contributed by atoms with E-state index < -0.39 is 17.3 Å². The van der Waals surface area contributed by atoms with Gasteiger partial charge in [0.2, 0.25) is 6.41 Å². The summed E-state index contributed by atoms with van der Waals surface area (Å²) in [5.74, 6) is -1.60. The maximum Gasteiger partial charge on any atom is 0.329 e. The van der Waals surface area contributed by atoms with Crippen molar-refractivity contribution in [3.63, 3.8) is 0 Å². The zero-order valence-corrected chi connectivity index (χ0v) is 8.74. The van der Waals surface area contributed by atoms with Crippen LogP contribution in [0.4, 0.5) is 4.39 Å². The minimum atomic E-state index is -1.42. The van der Waals surface area contributed by atoms with Gasteiger partial charge in [-0.05, 0) is 24.6 Å². The highest BCUT2D eigenvalue weighted by Crippen LogP contribution is 2.14. The molecule has 2 N–H and O–H groups in total. The second kappa shape index (κ2) is 4.74. The van der Waals surface area contributed by atoms with Gasteiger partial charge in [-0.25, -0.2) is 9.18 Å². The predicted octanol–water partition coefficient (Wildman–Crippen LogP) is 0.958. The monoisotopic (exact) mass is 225 g/mol. The normalized spacial score (nSPS) is 13.9. The number of nitrogens with one attached hydrogen (secondary N) is 1. The van der Waals surface area contributed by atoms with Crippen molar-refractivity contribution in [2.75, 3.05) is 0 Å². The molecule has 5 heteroatoms. The Morgan fingerprint density at radius 1 is 1.62 bits per heavy atom. The Morgan fingerprint density at radius 3 is 2.81 bits per heavy atom. The Balaban J connectivity index is 2.92. The van der Waals surface area contributed by atoms with Gasteiger partial charge in [0, 0.05) is 6.42 Å². The third-order valence-electron chi connectivity index (χ3n) is 2.30. The topological polar surface area (TPSA) is 66.4 Å². The van der Waals surface area contributed by atoms with Crippen LogP contribution < -0.4 is 5.32 Å². The SMILES string of the molecule is CC(Cc1cccc(F)c1)(NC=O)C(=O)O. The third kappa shape index (κ3) is 2.79. The molecule has 0 bridgehead atoms. The summed E-state index contributed by atoms with van der Waals surface area (Å²) in [6.45, 7) is 1.37. The molecule has 1 amide bonds. The summed E-state index contributed by atoms with van der Waals surface area (Å²) in [5.41, 5.74) is -0.908. The number of hydrogen-bond acceptors (Lipinski definition) is 2. The zero-order valence-electron chi connectivity index (χ0n) is 8.74. The first-order valence-corrected chi connectivity index (χ1v) is 4.67. The average molecular weight is 225 g/mol. The first-order valence-electron chi connectivity index (χ1n) is 4.67. The van der Waals surface area contributed by atoms with Gasteiger partial charge in [0.05, 0.1) is 0 Å². The minimum Gasteiger partial charge on any atom is -0.480 e. The number of aliphatic carboxylic acids is 1. The van der Waals surface area contributed by atoms with Crippen molar-refractivity contribution in [1.82, 2.24) is 5.32 Å². The van der Waals surface area contributed by atoms with Crippen LogP contribution in [-0.2, 0) is 16.0 Å². The molecule has 1 atom stereocenters. The number of amides is 1. The molecule has 0 heterocycles. The van der Waals surface area contributed by atoms with E-state index in [2.05, 4.69) is 5.32 Å². The summed E-state index contributed by atoms with van der Waals surface area (Å²) >= 11 is 0. The van der Waals surface area contributed by atoms with Gasteiger partial charge in [0.25, 0.3) is 0 Å². The summed E-state index contributed by atoms with van der Waals surface area (Å²) in [6.07, 6.45) is 0.353. The lowest BCUT2D eigenvalue weighted by molar-refractivity contribution is -0.145. The molecule has 4 nitrogen and oxygen atoms in total. The summed E-state index contributed by atoms with van der Waals surface area (Å²) in [6, 6.07) is 5.62. The van der Waals surface area contributed by atoms with Crippen LogP contribution in [0.2, 0.25) is 0 Å². The summed E-state index contributed by atoms with van der Waals surface area (Å²) in [4.78, 5) is 21.3. The third-order valence-corrected chi connectivity index (χ3v) is 2.30. The van der Waals surface area contributed by atoms with Crippen LogP contribution in [-0.4, -0.2) is 23.0 Å². The van der Waals surface area contributed by atoms with Crippen LogP contribution in [0.25, 0.3) is 0 Å². The Morgan fingerprint density at radius 2 is 2.31 bits per heavy atom. The lowest BCUT2D eigenvalue weighted by Crippen LogP contribution is -2.50. The Bertz CT molecular complexity index is 408. The molecule has 0 spiro atoms. The van der Waals surface area contributed by atoms with Crippen LogP contribution in [0.1, 0.15) is 12.5 Å². The second-order valence-electron chi connectivity index (χ2n) is 3.71. The van der Waals surface area contributed by atoms with Crippen molar-refractivity contribution < 1.29 is 19.1 Å². The number of rotatable bonds is 5. The van der Waals surface area contributed by atoms with Gasteiger partial charge in [-0.15, -0.1) is 0 Å². The molecule has 1 aromatic carbocycles. The van der Waals surface area contributed by atoms with Crippen molar-refractivity contribution in [1.29, 1.82) is 0 Å². The smallest absolute Gasteiger partial charge is 0.329 e. The van der Waals surface area contributed by atoms with E-state index >= 15 is 0 Å². The zero-order chi connectivity index (χ0) is 12.2. The van der Waals surface area contributed by atoms with E-state index in [0.29, 0.717) is 12.0 Å². The molecule has 16 heavy (non-hydrogen) atoms. The number of halogens is 1. The molecule has 1 aromatic rings. The summed E-state index contributed by atoms with van der Waals surface area (Å²) < 4.78 is 12.9. The van der Waals surface area contributed by atoms with Crippen LogP contribution in [0.5, 0.6) is 0 Å². The van der Waals surface area contributed by atoms with Crippen molar-refractivity contribution in [2.24, 2.45) is 0 Å². The van der Waals surface area contributed by atoms with Crippen LogP contribution in [0.3, 0.4) is 0 Å². The fraction of sp³-hybridized carbons (Fsp3) is 0.273. The van der Waals surface area contributed by atoms with Crippen LogP contribution in [0, 0.1) is 5.82 Å². The second-order valence-corrected chi connectivity index (χ2v) is 3.71. The van der Waals surface area contributed by atoms with E-state index in [1.54, 1.807) is 6.07 Å². The van der Waals surface area contributed by atoms with Crippen molar-refractivity contribution in [3.8, 4) is 0 Å². The van der Waals surface area contributed by atoms with Gasteiger partial charge in [-0.2, -0.15) is 0 Å². The van der Waals surface area contributed by atoms with E-state index in [4.69, 9.17) is 5.11 Å². The highest BCUT2D eigenvalue weighted by molar-refractivity contribution is 5.81. The summed E-state index contributed by atoms with van der Waals surface area (Å²) in [7, 11) is 0. The van der Waals surface area contributed by atoms with Gasteiger partial charge >= 0.3 is 5.97 Å². The quantitative estimate of drug-likeness (QED) is 0.733. The predicted molar refractivity (Wildman–Crippen MR) is 55.3 cm³/mol. The highest BCUT2D eigenvalue weighted by atomic mass is 19.1. The molecule has 0 aliphatic carbocycles. The van der Waals surface area contributed by atoms with Gasteiger partial charge in [0.1, 0.15) is 11.4 Å². The van der Waals surface area contributed by atoms with Crippen LogP contribution in [0.15, 0.2) is 24.3 Å². The van der Waals surface area contributed by atoms with Gasteiger partial charge in [-0.3, -0.25) is 4.79 Å². The molecule has 0 fully saturated rings. The lowest BCUT2D eigenvalue weighted by atomic mass is 9.93. The maximum absolute atomic E-state index is 12.9. The number of carboxylic acid groups (broad SMARTS) is 1. The van der Waals surface area contributed by atoms with Crippen molar-refractivity contribution in [3.05, 3.63) is 35.6 Å². The molecular weight excluding hydrogens is 213 g/mol. The van der Waals surface area contributed by atoms with Crippen LogP contribution >= 0.6 is 0 Å². The molecule has 0 radical (unpaired) electrons. The Kier molecular flexibility index (Phi) is 3.60. The molecule has 0 saturated carbocycles. The molecular formula is C11H12FNO3. The maximum atomic E-state index is 12.9. The summed E-state index contributed by atoms with van der Waals surface area (Å²) in [5, 5.41) is 11.2. The molecule has 1 rings (SSSR count). The highest BCUT2D eigenvalue weighted by Gasteiger charge is 2.32. The lowest BCUT2D eigenvalue weighted by Gasteiger charge is -2.23. The molecule has 0 aromatic heterocycles. The number of carbonyl (C=O) groups is 2. The van der Waals surface area contributed by atoms with Crippen molar-refractivity contribution in [2.45, 2.75) is 18.9 Å². The van der Waals surface area contributed by atoms with E-state index in [0.717, 1.165) is 0 Å². The Labute approximate surface area is 92.1 Å². The number of carboxylic acids is 1. The Hall–Kier alpha value is -1.91. The largest absolute Gasteiger partial charge is 0.480 e. The number of carbonyl (C=O) groups excluding carboxylic acids is 1. The molecule has 0 aliphatic heterocycles. The fourth-order valence-corrected chi connectivity index (χ4v) is 1.37.